The molecule has 2 amide bonds. The van der Waals surface area contributed by atoms with Crippen LogP contribution in [0.5, 0.6) is 0 Å². The monoisotopic (exact) mass is 437 g/mol. The molecule has 5 rings (SSSR count). The number of amides is 2. The highest BCUT2D eigenvalue weighted by Crippen LogP contribution is 2.23. The standard InChI is InChI=1S/C12H13FN2O.C11H11N3O2/c1-9(16)15-7-4-10(5-8-15)11-3-2-6-14-12(11)13;15-7-5-14(6-7)11(16)10-12-8-3-1-2-4-9(8)13-10/h2-4,6H,5,7-8H2,1H3;1-4,7,15H,5-6H2,(H,12,13). The molecular formula is C23H24FN5O3. The molecule has 0 saturated carbocycles. The van der Waals surface area contributed by atoms with Crippen molar-refractivity contribution in [2.75, 3.05) is 26.2 Å². The maximum Gasteiger partial charge on any atom is 0.289 e. The Hall–Kier alpha value is -3.59. The van der Waals surface area contributed by atoms with Gasteiger partial charge in [-0.1, -0.05) is 18.2 Å². The van der Waals surface area contributed by atoms with E-state index in [0.29, 0.717) is 44.0 Å². The van der Waals surface area contributed by atoms with Crippen LogP contribution < -0.4 is 0 Å². The molecule has 0 atom stereocenters. The highest BCUT2D eigenvalue weighted by molar-refractivity contribution is 5.94. The van der Waals surface area contributed by atoms with E-state index in [1.165, 1.54) is 6.20 Å². The topological polar surface area (TPSA) is 102 Å². The van der Waals surface area contributed by atoms with Crippen molar-refractivity contribution in [2.45, 2.75) is 19.4 Å². The van der Waals surface area contributed by atoms with Crippen molar-refractivity contribution in [1.82, 2.24) is 24.8 Å². The molecule has 32 heavy (non-hydrogen) atoms. The van der Waals surface area contributed by atoms with E-state index in [1.54, 1.807) is 28.9 Å². The lowest BCUT2D eigenvalue weighted by atomic mass is 10.0. The van der Waals surface area contributed by atoms with Gasteiger partial charge in [0, 0.05) is 44.9 Å². The first kappa shape index (κ1) is 21.6. The lowest BCUT2D eigenvalue weighted by Crippen LogP contribution is -2.53. The Labute approximate surface area is 184 Å². The fourth-order valence-electron chi connectivity index (χ4n) is 3.65. The summed E-state index contributed by atoms with van der Waals surface area (Å²) in [6.07, 6.45) is 3.63. The Kier molecular flexibility index (Phi) is 6.27. The van der Waals surface area contributed by atoms with Gasteiger partial charge in [0.15, 0.2) is 5.82 Å². The van der Waals surface area contributed by atoms with Crippen LogP contribution in [0.2, 0.25) is 0 Å². The molecular weight excluding hydrogens is 413 g/mol. The van der Waals surface area contributed by atoms with Crippen LogP contribution in [0.3, 0.4) is 0 Å². The first-order valence-electron chi connectivity index (χ1n) is 10.4. The predicted molar refractivity (Wildman–Crippen MR) is 117 cm³/mol. The number of para-hydroxylation sites is 2. The molecule has 4 heterocycles. The van der Waals surface area contributed by atoms with Gasteiger partial charge < -0.3 is 19.9 Å². The van der Waals surface area contributed by atoms with Crippen LogP contribution in [0.1, 0.15) is 29.5 Å². The van der Waals surface area contributed by atoms with Gasteiger partial charge in [-0.05, 0) is 36.3 Å². The Balaban J connectivity index is 0.000000153. The molecule has 2 aliphatic heterocycles. The predicted octanol–water partition coefficient (Wildman–Crippen LogP) is 2.24. The van der Waals surface area contributed by atoms with Crippen molar-refractivity contribution < 1.29 is 19.1 Å². The van der Waals surface area contributed by atoms with Crippen LogP contribution in [0, 0.1) is 5.95 Å². The molecule has 0 unspecified atom stereocenters. The number of halogens is 1. The van der Waals surface area contributed by atoms with Gasteiger partial charge in [-0.3, -0.25) is 9.59 Å². The third-order valence-electron chi connectivity index (χ3n) is 5.50. The number of aromatic amines is 1. The van der Waals surface area contributed by atoms with Gasteiger partial charge >= 0.3 is 0 Å². The van der Waals surface area contributed by atoms with Crippen molar-refractivity contribution in [3.8, 4) is 0 Å². The second kappa shape index (κ2) is 9.27. The van der Waals surface area contributed by atoms with E-state index in [0.717, 1.165) is 16.6 Å². The smallest absolute Gasteiger partial charge is 0.289 e. The lowest BCUT2D eigenvalue weighted by Gasteiger charge is -2.35. The third kappa shape index (κ3) is 4.67. The van der Waals surface area contributed by atoms with E-state index in [9.17, 15) is 14.0 Å². The van der Waals surface area contributed by atoms with Crippen LogP contribution in [0.15, 0.2) is 48.7 Å². The number of β-amino-alcohol motifs (C(OH)–C–C–N with tert-alkyl or cyclic N) is 1. The van der Waals surface area contributed by atoms with Crippen LogP contribution in [-0.2, 0) is 4.79 Å². The third-order valence-corrected chi connectivity index (χ3v) is 5.50. The van der Waals surface area contributed by atoms with E-state index < -0.39 is 5.95 Å². The first-order valence-corrected chi connectivity index (χ1v) is 10.4. The van der Waals surface area contributed by atoms with Crippen molar-refractivity contribution in [3.05, 3.63) is 66.0 Å². The number of carbonyl (C=O) groups is 2. The fourth-order valence-corrected chi connectivity index (χ4v) is 3.65. The maximum atomic E-state index is 13.4. The van der Waals surface area contributed by atoms with Gasteiger partial charge in [0.25, 0.3) is 5.91 Å². The van der Waals surface area contributed by atoms with Crippen molar-refractivity contribution >= 4 is 28.4 Å². The Morgan fingerprint density at radius 1 is 1.16 bits per heavy atom. The molecule has 8 nitrogen and oxygen atoms in total. The molecule has 2 aliphatic rings. The average Bonchev–Trinajstić information content (AvgIpc) is 3.22. The number of benzene rings is 1. The number of rotatable bonds is 2. The summed E-state index contributed by atoms with van der Waals surface area (Å²) in [5.41, 5.74) is 3.12. The average molecular weight is 437 g/mol. The number of aliphatic hydroxyl groups is 1. The number of likely N-dealkylation sites (tertiary alicyclic amines) is 1. The van der Waals surface area contributed by atoms with E-state index in [-0.39, 0.29) is 17.9 Å². The normalized spacial score (nSPS) is 16.2. The number of nitrogens with one attached hydrogen (secondary N) is 1. The highest BCUT2D eigenvalue weighted by Gasteiger charge is 2.31. The summed E-state index contributed by atoms with van der Waals surface area (Å²) in [5, 5.41) is 9.13. The number of aliphatic hydroxyl groups excluding tert-OH is 1. The zero-order valence-corrected chi connectivity index (χ0v) is 17.7. The van der Waals surface area contributed by atoms with Crippen LogP contribution in [0.25, 0.3) is 16.6 Å². The molecule has 2 N–H and O–H groups in total. The number of aromatic nitrogens is 3. The zero-order valence-electron chi connectivity index (χ0n) is 17.7. The molecule has 1 saturated heterocycles. The van der Waals surface area contributed by atoms with Gasteiger partial charge in [-0.2, -0.15) is 4.39 Å². The second-order valence-electron chi connectivity index (χ2n) is 7.75. The molecule has 0 aliphatic carbocycles. The lowest BCUT2D eigenvalue weighted by molar-refractivity contribution is -0.128. The summed E-state index contributed by atoms with van der Waals surface area (Å²) < 4.78 is 13.4. The molecule has 1 aromatic carbocycles. The number of imidazole rings is 1. The van der Waals surface area contributed by atoms with E-state index >= 15 is 0 Å². The SMILES string of the molecule is CC(=O)N1CC=C(c2cccnc2F)CC1.O=C(c1nc2ccccc2[nH]1)N1CC(O)C1. The van der Waals surface area contributed by atoms with Gasteiger partial charge in [0.1, 0.15) is 0 Å². The van der Waals surface area contributed by atoms with E-state index in [2.05, 4.69) is 15.0 Å². The number of hydrogen-bond acceptors (Lipinski definition) is 5. The maximum absolute atomic E-state index is 13.4. The van der Waals surface area contributed by atoms with E-state index in [1.807, 2.05) is 30.3 Å². The molecule has 0 radical (unpaired) electrons. The number of nitrogens with zero attached hydrogens (tertiary/aromatic N) is 4. The minimum atomic E-state index is -0.440. The minimum Gasteiger partial charge on any atom is -0.389 e. The summed E-state index contributed by atoms with van der Waals surface area (Å²) in [7, 11) is 0. The van der Waals surface area contributed by atoms with Crippen molar-refractivity contribution in [3.63, 3.8) is 0 Å². The minimum absolute atomic E-state index is 0.0574. The van der Waals surface area contributed by atoms with Crippen molar-refractivity contribution in [1.29, 1.82) is 0 Å². The van der Waals surface area contributed by atoms with Crippen LogP contribution >= 0.6 is 0 Å². The largest absolute Gasteiger partial charge is 0.389 e. The van der Waals surface area contributed by atoms with Gasteiger partial charge in [-0.15, -0.1) is 0 Å². The molecule has 2 aromatic heterocycles. The number of carbonyl (C=O) groups excluding carboxylic acids is 2. The van der Waals surface area contributed by atoms with Gasteiger partial charge in [-0.25, -0.2) is 9.97 Å². The molecule has 0 spiro atoms. The Morgan fingerprint density at radius 3 is 2.56 bits per heavy atom. The Morgan fingerprint density at radius 2 is 1.94 bits per heavy atom. The molecule has 1 fully saturated rings. The summed E-state index contributed by atoms with van der Waals surface area (Å²) >= 11 is 0. The van der Waals surface area contributed by atoms with E-state index in [4.69, 9.17) is 5.11 Å². The summed E-state index contributed by atoms with van der Waals surface area (Å²) in [4.78, 5) is 37.1. The zero-order chi connectivity index (χ0) is 22.7. The van der Waals surface area contributed by atoms with Crippen LogP contribution in [0.4, 0.5) is 4.39 Å². The Bertz CT molecular complexity index is 1140. The summed E-state index contributed by atoms with van der Waals surface area (Å²) in [6.45, 7) is 3.55. The molecule has 3 aromatic rings. The number of H-pyrrole nitrogens is 1. The molecule has 166 valence electrons. The summed E-state index contributed by atoms with van der Waals surface area (Å²) in [5.74, 6) is -0.193. The van der Waals surface area contributed by atoms with Crippen molar-refractivity contribution in [2.24, 2.45) is 0 Å². The summed E-state index contributed by atoms with van der Waals surface area (Å²) in [6, 6.07) is 10.9. The quantitative estimate of drug-likeness (QED) is 0.599. The first-order chi connectivity index (χ1) is 15.4. The fraction of sp³-hybridized carbons (Fsp3) is 0.304. The van der Waals surface area contributed by atoms with Crippen LogP contribution in [-0.4, -0.2) is 74.0 Å². The van der Waals surface area contributed by atoms with Gasteiger partial charge in [0.05, 0.1) is 17.1 Å². The molecule has 9 heteroatoms. The number of hydrogen-bond donors (Lipinski definition) is 2. The highest BCUT2D eigenvalue weighted by atomic mass is 19.1. The number of fused-ring (bicyclic) bond motifs is 1. The number of pyridine rings is 1. The molecule has 0 bridgehead atoms. The second-order valence-corrected chi connectivity index (χ2v) is 7.75. The van der Waals surface area contributed by atoms with Gasteiger partial charge in [0.2, 0.25) is 11.9 Å².